The van der Waals surface area contributed by atoms with E-state index in [-0.39, 0.29) is 48.0 Å². The Kier molecular flexibility index (Phi) is 10.3. The Morgan fingerprint density at radius 1 is 0.800 bits per heavy atom. The Morgan fingerprint density at radius 3 is 1.93 bits per heavy atom. The molecule has 0 radical (unpaired) electrons. The van der Waals surface area contributed by atoms with Crippen molar-refractivity contribution in [2.75, 3.05) is 0 Å². The van der Waals surface area contributed by atoms with E-state index < -0.39 is 11.9 Å². The topological polar surface area (TPSA) is 129 Å². The number of aliphatic carboxylic acids is 2. The molecule has 0 amide bonds. The van der Waals surface area contributed by atoms with E-state index in [1.165, 1.54) is 0 Å². The van der Waals surface area contributed by atoms with E-state index in [1.54, 1.807) is 0 Å². The third kappa shape index (κ3) is 6.72. The first-order chi connectivity index (χ1) is 20.8. The molecule has 8 nitrogen and oxygen atoms in total. The largest absolute Gasteiger partial charge is 2.00 e. The molecule has 234 valence electrons. The smallest absolute Gasteiger partial charge is 0.657 e. The minimum absolute atomic E-state index is 0. The predicted molar refractivity (Wildman–Crippen MR) is 182 cm³/mol. The van der Waals surface area contributed by atoms with Gasteiger partial charge in [0, 0.05) is 28.6 Å². The van der Waals surface area contributed by atoms with Crippen molar-refractivity contribution in [2.45, 2.75) is 65.6 Å². The number of thiol groups is 2. The van der Waals surface area contributed by atoms with Gasteiger partial charge in [0.2, 0.25) is 0 Å². The second-order valence-electron chi connectivity index (χ2n) is 11.3. The standard InChI is InChI=1S/C34H36N4O4S2.Fe/c1-15-21(7-9-31(39)40)27-14-28-22(8-10-32(41)42)16(2)24(36-28)12-29-34(20(6)44)18(4)26(38-29)13-30-33(19(5)43)17(3)25(37-30)11-23(15)35-27;/h11-14,20H,5,7-10H2,1-4,6H3,(H6,35,36,37,38,39,40,41,42,43,44);/q;+2/p-2. The molecule has 2 N–H and O–H groups in total. The van der Waals surface area contributed by atoms with Gasteiger partial charge < -0.3 is 20.2 Å². The summed E-state index contributed by atoms with van der Waals surface area (Å²) < 4.78 is 0. The molecule has 5 heterocycles. The second kappa shape index (κ2) is 13.5. The fraction of sp³-hybridized carbons (Fsp3) is 0.294. The molecular weight excluding hydrogens is 648 g/mol. The van der Waals surface area contributed by atoms with Gasteiger partial charge in [0.25, 0.3) is 0 Å². The van der Waals surface area contributed by atoms with Crippen molar-refractivity contribution in [1.29, 1.82) is 0 Å². The van der Waals surface area contributed by atoms with Gasteiger partial charge in [-0.1, -0.05) is 47.5 Å². The fourth-order valence-corrected chi connectivity index (χ4v) is 6.58. The quantitative estimate of drug-likeness (QED) is 0.143. The molecule has 0 spiro atoms. The van der Waals surface area contributed by atoms with Gasteiger partial charge in [-0.15, -0.1) is 34.7 Å². The molecule has 0 aromatic carbocycles. The molecule has 11 heteroatoms. The van der Waals surface area contributed by atoms with Gasteiger partial charge in [-0.2, -0.15) is 12.6 Å². The van der Waals surface area contributed by atoms with Crippen LogP contribution >= 0.6 is 25.3 Å². The number of allylic oxidation sites excluding steroid dienone is 4. The Balaban J connectivity index is 0.00000461. The first-order valence-corrected chi connectivity index (χ1v) is 15.3. The molecule has 0 saturated carbocycles. The predicted octanol–water partition coefficient (Wildman–Crippen LogP) is 7.37. The maximum Gasteiger partial charge on any atom is 2.00 e. The normalized spacial score (nSPS) is 13.6. The van der Waals surface area contributed by atoms with E-state index in [9.17, 15) is 19.8 Å². The monoisotopic (exact) mass is 682 g/mol. The SMILES string of the molecule is C=C(S)C1=C(C)c2cc3[n-]c(cc4nc(cc5[n-]c(cc1n2)c(C)c5C(C)S)C(C)=C4CCC(=O)O)c(CCC(=O)O)c3C.[Fe+2]. The molecule has 1 unspecified atom stereocenters. The molecule has 0 aliphatic carbocycles. The van der Waals surface area contributed by atoms with Gasteiger partial charge in [-0.25, -0.2) is 9.97 Å². The molecule has 3 aromatic heterocycles. The number of carboxylic acid groups (broad SMARTS) is 2. The summed E-state index contributed by atoms with van der Waals surface area (Å²) in [6.07, 6.45) is 0.454. The van der Waals surface area contributed by atoms with Crippen LogP contribution < -0.4 is 9.97 Å². The minimum atomic E-state index is -0.904. The van der Waals surface area contributed by atoms with Crippen molar-refractivity contribution in [2.24, 2.45) is 0 Å². The van der Waals surface area contributed by atoms with Gasteiger partial charge >= 0.3 is 29.0 Å². The third-order valence-electron chi connectivity index (χ3n) is 8.31. The van der Waals surface area contributed by atoms with Crippen LogP contribution in [0.1, 0.15) is 90.3 Å². The number of rotatable bonds is 8. The number of nitrogens with zero attached hydrogens (tertiary/aromatic N) is 4. The van der Waals surface area contributed by atoms with Crippen molar-refractivity contribution < 1.29 is 36.9 Å². The molecule has 5 rings (SSSR count). The van der Waals surface area contributed by atoms with Gasteiger partial charge in [0.05, 0.1) is 22.8 Å². The number of aryl methyl sites for hydroxylation is 3. The number of aromatic nitrogens is 4. The van der Waals surface area contributed by atoms with E-state index in [4.69, 9.17) is 32.6 Å². The summed E-state index contributed by atoms with van der Waals surface area (Å²) >= 11 is 9.37. The van der Waals surface area contributed by atoms with E-state index in [0.717, 1.165) is 55.6 Å². The number of carboxylic acids is 2. The molecule has 0 saturated heterocycles. The van der Waals surface area contributed by atoms with Crippen LogP contribution in [0.5, 0.6) is 0 Å². The summed E-state index contributed by atoms with van der Waals surface area (Å²) in [6.45, 7) is 13.9. The van der Waals surface area contributed by atoms with Crippen LogP contribution in [0.15, 0.2) is 35.7 Å². The number of fused-ring (bicyclic) bond motifs is 8. The Morgan fingerprint density at radius 2 is 1.31 bits per heavy atom. The first-order valence-electron chi connectivity index (χ1n) is 14.3. The van der Waals surface area contributed by atoms with Crippen molar-refractivity contribution in [3.05, 3.63) is 80.8 Å². The summed E-state index contributed by atoms with van der Waals surface area (Å²) in [6, 6.07) is 7.62. The molecule has 1 atom stereocenters. The van der Waals surface area contributed by atoms with E-state index in [0.29, 0.717) is 38.7 Å². The molecule has 2 aliphatic rings. The third-order valence-corrected chi connectivity index (χ3v) is 8.79. The van der Waals surface area contributed by atoms with Crippen LogP contribution in [0.2, 0.25) is 0 Å². The molecule has 0 fully saturated rings. The molecule has 3 aromatic rings. The molecular formula is C34H34FeN4O4S2. The summed E-state index contributed by atoms with van der Waals surface area (Å²) in [7, 11) is 0. The molecule has 45 heavy (non-hydrogen) atoms. The Labute approximate surface area is 283 Å². The fourth-order valence-electron chi connectivity index (χ4n) is 5.97. The maximum absolute atomic E-state index is 11.6. The van der Waals surface area contributed by atoms with Crippen LogP contribution in [0.3, 0.4) is 0 Å². The van der Waals surface area contributed by atoms with Crippen LogP contribution in [0.25, 0.3) is 44.4 Å². The zero-order chi connectivity index (χ0) is 32.0. The number of carbonyl (C=O) groups is 2. The summed E-state index contributed by atoms with van der Waals surface area (Å²) in [5.41, 5.74) is 12.4. The maximum atomic E-state index is 11.6. The Hall–Kier alpha value is -3.50. The Bertz CT molecular complexity index is 1980. The number of hydrogen-bond acceptors (Lipinski definition) is 6. The van der Waals surface area contributed by atoms with Gasteiger partial charge in [-0.3, -0.25) is 9.59 Å². The van der Waals surface area contributed by atoms with Crippen LogP contribution in [0.4, 0.5) is 0 Å². The minimum Gasteiger partial charge on any atom is -0.657 e. The molecule has 8 bridgehead atoms. The van der Waals surface area contributed by atoms with Crippen LogP contribution in [-0.4, -0.2) is 32.1 Å². The van der Waals surface area contributed by atoms with Crippen molar-refractivity contribution >= 4 is 81.6 Å². The second-order valence-corrected chi connectivity index (χ2v) is 12.6. The van der Waals surface area contributed by atoms with E-state index in [2.05, 4.69) is 19.2 Å². The zero-order valence-electron chi connectivity index (χ0n) is 25.7. The average Bonchev–Trinajstić information content (AvgIpc) is 3.59. The van der Waals surface area contributed by atoms with Crippen molar-refractivity contribution in [3.63, 3.8) is 0 Å². The van der Waals surface area contributed by atoms with Crippen LogP contribution in [-0.2, 0) is 33.1 Å². The average molecular weight is 683 g/mol. The summed E-state index contributed by atoms with van der Waals surface area (Å²) in [5, 5.41) is 18.8. The van der Waals surface area contributed by atoms with Crippen LogP contribution in [0, 0.1) is 13.8 Å². The zero-order valence-corrected chi connectivity index (χ0v) is 28.6. The molecule has 2 aliphatic heterocycles. The van der Waals surface area contributed by atoms with Gasteiger partial charge in [-0.05, 0) is 69.7 Å². The first kappa shape index (κ1) is 34.4. The number of hydrogen-bond donors (Lipinski definition) is 4. The summed E-state index contributed by atoms with van der Waals surface area (Å²) in [5.74, 6) is -1.81. The van der Waals surface area contributed by atoms with E-state index >= 15 is 0 Å². The van der Waals surface area contributed by atoms with Crippen molar-refractivity contribution in [1.82, 2.24) is 19.9 Å². The van der Waals surface area contributed by atoms with E-state index in [1.807, 2.05) is 58.9 Å². The van der Waals surface area contributed by atoms with Gasteiger partial charge in [0.1, 0.15) is 0 Å². The van der Waals surface area contributed by atoms with Gasteiger partial charge in [0.15, 0.2) is 0 Å². The summed E-state index contributed by atoms with van der Waals surface area (Å²) in [4.78, 5) is 43.6. The van der Waals surface area contributed by atoms with Crippen molar-refractivity contribution in [3.8, 4) is 0 Å².